The number of benzene rings is 1. The van der Waals surface area contributed by atoms with E-state index in [1.165, 1.54) is 6.92 Å². The van der Waals surface area contributed by atoms with Crippen LogP contribution in [0.25, 0.3) is 0 Å². The number of amides is 1. The minimum atomic E-state index is -0.968. The van der Waals surface area contributed by atoms with Gasteiger partial charge in [0, 0.05) is 5.92 Å². The maximum Gasteiger partial charge on any atom is 0.307 e. The summed E-state index contributed by atoms with van der Waals surface area (Å²) in [5.74, 6) is -1.76. The average Bonchev–Trinajstić information content (AvgIpc) is 2.45. The molecule has 110 valence electrons. The molecule has 1 aromatic rings. The second-order valence-corrected chi connectivity index (χ2v) is 4.92. The summed E-state index contributed by atoms with van der Waals surface area (Å²) < 4.78 is 5.07. The van der Waals surface area contributed by atoms with Crippen molar-refractivity contribution in [2.45, 2.75) is 26.8 Å². The molecule has 5 heteroatoms. The number of hydrogen-bond acceptors (Lipinski definition) is 3. The van der Waals surface area contributed by atoms with Gasteiger partial charge in [-0.1, -0.05) is 26.0 Å². The van der Waals surface area contributed by atoms with Crippen LogP contribution in [-0.2, 0) is 9.59 Å². The second kappa shape index (κ2) is 6.93. The average molecular weight is 279 g/mol. The van der Waals surface area contributed by atoms with Crippen molar-refractivity contribution < 1.29 is 19.4 Å². The van der Waals surface area contributed by atoms with Gasteiger partial charge >= 0.3 is 5.97 Å². The molecule has 0 radical (unpaired) electrons. The number of carbonyl (C=O) groups is 2. The lowest BCUT2D eigenvalue weighted by Gasteiger charge is -2.20. The third-order valence-electron chi connectivity index (χ3n) is 3.53. The second-order valence-electron chi connectivity index (χ2n) is 4.92. The summed E-state index contributed by atoms with van der Waals surface area (Å²) in [6.45, 7) is 5.01. The van der Waals surface area contributed by atoms with Crippen molar-refractivity contribution in [3.05, 3.63) is 29.8 Å². The van der Waals surface area contributed by atoms with Gasteiger partial charge in [-0.15, -0.1) is 0 Å². The highest BCUT2D eigenvalue weighted by Crippen LogP contribution is 2.19. The molecule has 5 nitrogen and oxygen atoms in total. The van der Waals surface area contributed by atoms with Crippen molar-refractivity contribution in [1.29, 1.82) is 0 Å². The minimum absolute atomic E-state index is 0.183. The summed E-state index contributed by atoms with van der Waals surface area (Å²) in [5.41, 5.74) is 0.939. The molecule has 0 bridgehead atoms. The molecule has 0 saturated heterocycles. The van der Waals surface area contributed by atoms with Gasteiger partial charge in [0.2, 0.25) is 5.91 Å². The van der Waals surface area contributed by atoms with Crippen molar-refractivity contribution in [2.24, 2.45) is 11.8 Å². The van der Waals surface area contributed by atoms with Crippen LogP contribution in [0.15, 0.2) is 24.3 Å². The third kappa shape index (κ3) is 3.98. The lowest BCUT2D eigenvalue weighted by molar-refractivity contribution is -0.146. The number of nitrogens with one attached hydrogen (secondary N) is 1. The molecule has 0 aliphatic heterocycles. The molecule has 0 aromatic heterocycles. The Morgan fingerprint density at radius 3 is 2.10 bits per heavy atom. The van der Waals surface area contributed by atoms with Gasteiger partial charge in [-0.05, 0) is 24.6 Å². The van der Waals surface area contributed by atoms with E-state index >= 15 is 0 Å². The highest BCUT2D eigenvalue weighted by molar-refractivity contribution is 5.84. The predicted molar refractivity (Wildman–Crippen MR) is 75.5 cm³/mol. The third-order valence-corrected chi connectivity index (χ3v) is 3.53. The molecule has 0 aliphatic rings. The first-order chi connectivity index (χ1) is 9.36. The Bertz CT molecular complexity index is 469. The molecule has 1 rings (SSSR count). The highest BCUT2D eigenvalue weighted by atomic mass is 16.5. The molecule has 0 aliphatic carbocycles. The van der Waals surface area contributed by atoms with Gasteiger partial charge in [-0.2, -0.15) is 0 Å². The molecule has 3 atom stereocenters. The number of hydrogen-bond donors (Lipinski definition) is 2. The zero-order valence-electron chi connectivity index (χ0n) is 12.2. The summed E-state index contributed by atoms with van der Waals surface area (Å²) >= 11 is 0. The van der Waals surface area contributed by atoms with Gasteiger partial charge in [0.1, 0.15) is 5.75 Å². The molecule has 0 fully saturated rings. The fraction of sp³-hybridized carbons (Fsp3) is 0.467. The van der Waals surface area contributed by atoms with Crippen molar-refractivity contribution in [2.75, 3.05) is 7.11 Å². The van der Waals surface area contributed by atoms with E-state index in [2.05, 4.69) is 5.32 Å². The summed E-state index contributed by atoms with van der Waals surface area (Å²) in [6.07, 6.45) is 0. The maximum absolute atomic E-state index is 12.0. The van der Waals surface area contributed by atoms with Crippen LogP contribution in [0.4, 0.5) is 0 Å². The van der Waals surface area contributed by atoms with Gasteiger partial charge in [-0.25, -0.2) is 0 Å². The standard InChI is InChI=1S/C15H21NO4/c1-9(10(2)15(18)19)14(17)16-11(3)12-5-7-13(20-4)8-6-12/h5-11H,1-4H3,(H,16,17)(H,18,19)/t9?,10?,11-/m0/s1. The van der Waals surface area contributed by atoms with E-state index in [1.807, 2.05) is 31.2 Å². The Hall–Kier alpha value is -2.04. The van der Waals surface area contributed by atoms with Crippen LogP contribution < -0.4 is 10.1 Å². The van der Waals surface area contributed by atoms with Crippen molar-refractivity contribution >= 4 is 11.9 Å². The lowest BCUT2D eigenvalue weighted by atomic mass is 9.94. The normalized spacial score (nSPS) is 15.0. The molecule has 20 heavy (non-hydrogen) atoms. The number of ether oxygens (including phenoxy) is 1. The Morgan fingerprint density at radius 2 is 1.65 bits per heavy atom. The van der Waals surface area contributed by atoms with E-state index in [0.29, 0.717) is 0 Å². The molecule has 1 aromatic carbocycles. The van der Waals surface area contributed by atoms with E-state index < -0.39 is 17.8 Å². The van der Waals surface area contributed by atoms with Crippen LogP contribution in [0.5, 0.6) is 5.75 Å². The Labute approximate surface area is 118 Å². The topological polar surface area (TPSA) is 75.6 Å². The van der Waals surface area contributed by atoms with Gasteiger partial charge in [0.25, 0.3) is 0 Å². The van der Waals surface area contributed by atoms with Crippen LogP contribution in [0, 0.1) is 11.8 Å². The van der Waals surface area contributed by atoms with Gasteiger partial charge in [-0.3, -0.25) is 9.59 Å². The maximum atomic E-state index is 12.0. The monoisotopic (exact) mass is 279 g/mol. The van der Waals surface area contributed by atoms with Crippen LogP contribution in [0.2, 0.25) is 0 Å². The lowest BCUT2D eigenvalue weighted by Crippen LogP contribution is -2.36. The molecule has 1 amide bonds. The van der Waals surface area contributed by atoms with E-state index in [4.69, 9.17) is 9.84 Å². The SMILES string of the molecule is COc1ccc([C@H](C)NC(=O)C(C)C(C)C(=O)O)cc1. The largest absolute Gasteiger partial charge is 0.497 e. The number of aliphatic carboxylic acids is 1. The van der Waals surface area contributed by atoms with Gasteiger partial charge < -0.3 is 15.2 Å². The summed E-state index contributed by atoms with van der Waals surface area (Å²) in [5, 5.41) is 11.7. The van der Waals surface area contributed by atoms with E-state index in [9.17, 15) is 9.59 Å². The fourth-order valence-corrected chi connectivity index (χ4v) is 1.76. The van der Waals surface area contributed by atoms with Crippen LogP contribution in [-0.4, -0.2) is 24.1 Å². The fourth-order valence-electron chi connectivity index (χ4n) is 1.76. The number of carboxylic acid groups (broad SMARTS) is 1. The first-order valence-corrected chi connectivity index (χ1v) is 6.54. The molecule has 0 spiro atoms. The quantitative estimate of drug-likeness (QED) is 0.837. The molecule has 2 unspecified atom stereocenters. The Morgan fingerprint density at radius 1 is 1.10 bits per heavy atom. The van der Waals surface area contributed by atoms with Gasteiger partial charge in [0.05, 0.1) is 19.1 Å². The molecule has 0 saturated carbocycles. The van der Waals surface area contributed by atoms with Crippen LogP contribution in [0.1, 0.15) is 32.4 Å². The smallest absolute Gasteiger partial charge is 0.307 e. The van der Waals surface area contributed by atoms with E-state index in [1.54, 1.807) is 14.0 Å². The van der Waals surface area contributed by atoms with E-state index in [0.717, 1.165) is 11.3 Å². The van der Waals surface area contributed by atoms with Crippen LogP contribution >= 0.6 is 0 Å². The zero-order valence-corrected chi connectivity index (χ0v) is 12.2. The Balaban J connectivity index is 2.66. The Kier molecular flexibility index (Phi) is 5.55. The molecule has 2 N–H and O–H groups in total. The summed E-state index contributed by atoms with van der Waals surface area (Å²) in [4.78, 5) is 22.9. The number of carboxylic acids is 1. The first kappa shape index (κ1) is 16.0. The number of carbonyl (C=O) groups excluding carboxylic acids is 1. The molecule has 0 heterocycles. The summed E-state index contributed by atoms with van der Waals surface area (Å²) in [6, 6.07) is 7.20. The molecular weight excluding hydrogens is 258 g/mol. The number of methoxy groups -OCH3 is 1. The van der Waals surface area contributed by atoms with Crippen molar-refractivity contribution in [3.63, 3.8) is 0 Å². The van der Waals surface area contributed by atoms with Gasteiger partial charge in [0.15, 0.2) is 0 Å². The van der Waals surface area contributed by atoms with Crippen LogP contribution in [0.3, 0.4) is 0 Å². The zero-order chi connectivity index (χ0) is 15.3. The summed E-state index contributed by atoms with van der Waals surface area (Å²) in [7, 11) is 1.59. The minimum Gasteiger partial charge on any atom is -0.497 e. The highest BCUT2D eigenvalue weighted by Gasteiger charge is 2.26. The van der Waals surface area contributed by atoms with E-state index in [-0.39, 0.29) is 11.9 Å². The number of rotatable bonds is 6. The van der Waals surface area contributed by atoms with Crippen molar-refractivity contribution in [1.82, 2.24) is 5.32 Å². The first-order valence-electron chi connectivity index (χ1n) is 6.54. The predicted octanol–water partition coefficient (Wildman–Crippen LogP) is 2.23. The van der Waals surface area contributed by atoms with Crippen molar-refractivity contribution in [3.8, 4) is 5.75 Å². The molecular formula is C15H21NO4.